The summed E-state index contributed by atoms with van der Waals surface area (Å²) in [5.41, 5.74) is -0.0540. The monoisotopic (exact) mass is 504 g/mol. The van der Waals surface area contributed by atoms with Crippen LogP contribution in [0.1, 0.15) is 63.2 Å². The smallest absolute Gasteiger partial charge is 0.251 e. The molecule has 7 heteroatoms. The second-order valence-electron chi connectivity index (χ2n) is 6.82. The Balaban J connectivity index is 0.00000729. The molecule has 0 spiro atoms. The van der Waals surface area contributed by atoms with Crippen LogP contribution in [-0.4, -0.2) is 48.8 Å². The Hall–Kier alpha value is -1.35. The van der Waals surface area contributed by atoms with Crippen LogP contribution >= 0.6 is 24.0 Å². The van der Waals surface area contributed by atoms with Crippen LogP contribution in [0, 0.1) is 0 Å². The molecule has 160 valence electrons. The highest BCUT2D eigenvalue weighted by Gasteiger charge is 2.24. The first kappa shape index (κ1) is 26.6. The molecular formula is C21H37IN4O2. The average Bonchev–Trinajstić information content (AvgIpc) is 2.66. The van der Waals surface area contributed by atoms with Crippen LogP contribution in [0.3, 0.4) is 0 Å². The molecule has 0 saturated heterocycles. The van der Waals surface area contributed by atoms with Crippen LogP contribution in [0.15, 0.2) is 35.3 Å². The minimum absolute atomic E-state index is 0. The second kappa shape index (κ2) is 15.6. The van der Waals surface area contributed by atoms with Gasteiger partial charge in [0.25, 0.3) is 5.91 Å². The number of amides is 1. The Kier molecular flexibility index (Phi) is 14.8. The summed E-state index contributed by atoms with van der Waals surface area (Å²) in [6.45, 7) is 8.62. The van der Waals surface area contributed by atoms with Crippen LogP contribution in [0.25, 0.3) is 0 Å². The molecule has 4 N–H and O–H groups in total. The van der Waals surface area contributed by atoms with E-state index < -0.39 is 5.60 Å². The third-order valence-corrected chi connectivity index (χ3v) is 4.27. The third kappa shape index (κ3) is 10.8. The van der Waals surface area contributed by atoms with Gasteiger partial charge in [0.2, 0.25) is 0 Å². The lowest BCUT2D eigenvalue weighted by Gasteiger charge is -2.26. The molecular weight excluding hydrogens is 467 g/mol. The van der Waals surface area contributed by atoms with Gasteiger partial charge in [-0.3, -0.25) is 9.79 Å². The molecule has 0 aromatic heterocycles. The van der Waals surface area contributed by atoms with Gasteiger partial charge in [0.05, 0.1) is 12.1 Å². The van der Waals surface area contributed by atoms with E-state index in [1.165, 1.54) is 0 Å². The molecule has 1 aromatic carbocycles. The molecule has 1 aromatic rings. The van der Waals surface area contributed by atoms with Gasteiger partial charge in [-0.05, 0) is 38.3 Å². The van der Waals surface area contributed by atoms with Gasteiger partial charge in [-0.1, -0.05) is 44.9 Å². The van der Waals surface area contributed by atoms with Crippen molar-refractivity contribution < 1.29 is 9.90 Å². The molecule has 0 aliphatic heterocycles. The van der Waals surface area contributed by atoms with Crippen molar-refractivity contribution in [1.82, 2.24) is 16.0 Å². The Bertz CT molecular complexity index is 561. The van der Waals surface area contributed by atoms with Gasteiger partial charge in [0.1, 0.15) is 0 Å². The van der Waals surface area contributed by atoms with E-state index in [1.54, 1.807) is 12.1 Å². The topological polar surface area (TPSA) is 85.8 Å². The first-order chi connectivity index (χ1) is 13.0. The van der Waals surface area contributed by atoms with Crippen molar-refractivity contribution in [2.45, 2.75) is 58.5 Å². The molecule has 0 unspecified atom stereocenters. The summed E-state index contributed by atoms with van der Waals surface area (Å²) in [7, 11) is 0. The number of benzene rings is 1. The number of guanidine groups is 1. The maximum absolute atomic E-state index is 12.0. The zero-order valence-electron chi connectivity index (χ0n) is 17.5. The number of carbonyl (C=O) groups excluding carboxylic acids is 1. The molecule has 0 aliphatic rings. The van der Waals surface area contributed by atoms with Crippen molar-refractivity contribution in [3.8, 4) is 0 Å². The molecule has 1 amide bonds. The Morgan fingerprint density at radius 2 is 1.61 bits per heavy atom. The average molecular weight is 504 g/mol. The Labute approximate surface area is 187 Å². The van der Waals surface area contributed by atoms with Gasteiger partial charge >= 0.3 is 0 Å². The van der Waals surface area contributed by atoms with Crippen molar-refractivity contribution >= 4 is 35.8 Å². The highest BCUT2D eigenvalue weighted by molar-refractivity contribution is 14.0. The molecule has 0 saturated carbocycles. The van der Waals surface area contributed by atoms with E-state index in [-0.39, 0.29) is 29.9 Å². The van der Waals surface area contributed by atoms with Crippen molar-refractivity contribution in [2.24, 2.45) is 4.99 Å². The molecule has 0 heterocycles. The highest BCUT2D eigenvalue weighted by atomic mass is 127. The van der Waals surface area contributed by atoms with Crippen LogP contribution in [0.4, 0.5) is 0 Å². The van der Waals surface area contributed by atoms with Gasteiger partial charge in [-0.15, -0.1) is 24.0 Å². The molecule has 1 rings (SSSR count). The fourth-order valence-electron chi connectivity index (χ4n) is 2.97. The van der Waals surface area contributed by atoms with Gasteiger partial charge in [-0.2, -0.15) is 0 Å². The number of halogens is 1. The molecule has 0 atom stereocenters. The van der Waals surface area contributed by atoms with Crippen molar-refractivity contribution in [3.05, 3.63) is 35.9 Å². The maximum atomic E-state index is 12.0. The number of hydrogen-bond acceptors (Lipinski definition) is 3. The zero-order chi connectivity index (χ0) is 20.0. The van der Waals surface area contributed by atoms with Gasteiger partial charge in [-0.25, -0.2) is 0 Å². The lowest BCUT2D eigenvalue weighted by atomic mass is 9.93. The quantitative estimate of drug-likeness (QED) is 0.152. The SMILES string of the molecule is CCCC(O)(CCC)CN=C(NCC)NCCCNC(=O)c1ccccc1.I. The van der Waals surface area contributed by atoms with E-state index in [2.05, 4.69) is 34.8 Å². The minimum Gasteiger partial charge on any atom is -0.388 e. The molecule has 28 heavy (non-hydrogen) atoms. The molecule has 0 fully saturated rings. The van der Waals surface area contributed by atoms with Crippen LogP contribution in [0.5, 0.6) is 0 Å². The Morgan fingerprint density at radius 3 is 2.18 bits per heavy atom. The standard InChI is InChI=1S/C21H36N4O2.HI/c1-4-13-21(27,14-5-2)17-25-20(22-6-3)24-16-10-15-23-19(26)18-11-8-7-9-12-18;/h7-9,11-12,27H,4-6,10,13-17H2,1-3H3,(H,23,26)(H2,22,24,25);1H. The number of carbonyl (C=O) groups is 1. The predicted octanol–water partition coefficient (Wildman–Crippen LogP) is 3.31. The maximum Gasteiger partial charge on any atom is 0.251 e. The zero-order valence-corrected chi connectivity index (χ0v) is 19.8. The van der Waals surface area contributed by atoms with E-state index in [0.717, 1.165) is 38.6 Å². The molecule has 0 bridgehead atoms. The summed E-state index contributed by atoms with van der Waals surface area (Å²) in [5.74, 6) is 0.651. The first-order valence-corrected chi connectivity index (χ1v) is 10.1. The summed E-state index contributed by atoms with van der Waals surface area (Å²) in [4.78, 5) is 16.5. The van der Waals surface area contributed by atoms with E-state index in [1.807, 2.05) is 25.1 Å². The third-order valence-electron chi connectivity index (χ3n) is 4.27. The predicted molar refractivity (Wildman–Crippen MR) is 128 cm³/mol. The number of nitrogens with one attached hydrogen (secondary N) is 3. The number of hydrogen-bond donors (Lipinski definition) is 4. The minimum atomic E-state index is -0.727. The van der Waals surface area contributed by atoms with Gasteiger partial charge < -0.3 is 21.1 Å². The fourth-order valence-corrected chi connectivity index (χ4v) is 2.97. The van der Waals surface area contributed by atoms with Crippen LogP contribution in [-0.2, 0) is 0 Å². The number of rotatable bonds is 12. The van der Waals surface area contributed by atoms with Crippen molar-refractivity contribution in [1.29, 1.82) is 0 Å². The normalized spacial score (nSPS) is 11.5. The highest BCUT2D eigenvalue weighted by Crippen LogP contribution is 2.19. The van der Waals surface area contributed by atoms with E-state index in [4.69, 9.17) is 0 Å². The summed E-state index contributed by atoms with van der Waals surface area (Å²) >= 11 is 0. The van der Waals surface area contributed by atoms with Crippen molar-refractivity contribution in [2.75, 3.05) is 26.2 Å². The van der Waals surface area contributed by atoms with E-state index in [0.29, 0.717) is 31.2 Å². The lowest BCUT2D eigenvalue weighted by molar-refractivity contribution is 0.0306. The van der Waals surface area contributed by atoms with Crippen molar-refractivity contribution in [3.63, 3.8) is 0 Å². The van der Waals surface area contributed by atoms with Gasteiger partial charge in [0, 0.05) is 25.2 Å². The van der Waals surface area contributed by atoms with Gasteiger partial charge in [0.15, 0.2) is 5.96 Å². The lowest BCUT2D eigenvalue weighted by Crippen LogP contribution is -2.41. The first-order valence-electron chi connectivity index (χ1n) is 10.1. The summed E-state index contributed by atoms with van der Waals surface area (Å²) < 4.78 is 0. The largest absolute Gasteiger partial charge is 0.388 e. The summed E-state index contributed by atoms with van der Waals surface area (Å²) in [6.07, 6.45) is 4.19. The second-order valence-corrected chi connectivity index (χ2v) is 6.82. The summed E-state index contributed by atoms with van der Waals surface area (Å²) in [6, 6.07) is 9.21. The van der Waals surface area contributed by atoms with Crippen LogP contribution in [0.2, 0.25) is 0 Å². The number of nitrogens with zero attached hydrogens (tertiary/aromatic N) is 1. The molecule has 0 aliphatic carbocycles. The number of aliphatic hydroxyl groups is 1. The van der Waals surface area contributed by atoms with Crippen LogP contribution < -0.4 is 16.0 Å². The Morgan fingerprint density at radius 1 is 1.00 bits per heavy atom. The summed E-state index contributed by atoms with van der Waals surface area (Å²) in [5, 5.41) is 20.1. The fraction of sp³-hybridized carbons (Fsp3) is 0.619. The van der Waals surface area contributed by atoms with E-state index >= 15 is 0 Å². The van der Waals surface area contributed by atoms with E-state index in [9.17, 15) is 9.90 Å². The molecule has 6 nitrogen and oxygen atoms in total. The molecule has 0 radical (unpaired) electrons. The number of aliphatic imine (C=N–C) groups is 1.